The number of nitrogens with one attached hydrogen (secondary N) is 2. The normalized spacial score (nSPS) is 20.4. The lowest BCUT2D eigenvalue weighted by molar-refractivity contribution is -0.132. The molecule has 1 aromatic heterocycles. The number of hydrogen-bond donors (Lipinski definition) is 2. The fourth-order valence-electron chi connectivity index (χ4n) is 3.69. The minimum atomic E-state index is -0.444. The van der Waals surface area contributed by atoms with E-state index in [0.29, 0.717) is 12.4 Å². The Morgan fingerprint density at radius 2 is 1.96 bits per heavy atom. The van der Waals surface area contributed by atoms with Gasteiger partial charge in [0.05, 0.1) is 6.54 Å². The molecule has 25 heavy (non-hydrogen) atoms. The number of hydrogen-bond acceptors (Lipinski definition) is 6. The van der Waals surface area contributed by atoms with Crippen molar-refractivity contribution in [3.63, 3.8) is 0 Å². The highest BCUT2D eigenvalue weighted by molar-refractivity contribution is 5.91. The molecule has 0 radical (unpaired) electrons. The molecule has 1 aliphatic heterocycles. The summed E-state index contributed by atoms with van der Waals surface area (Å²) < 4.78 is 4.85. The van der Waals surface area contributed by atoms with Crippen LogP contribution in [-0.4, -0.2) is 70.6 Å². The number of carbonyl (C=O) groups excluding carboxylic acids is 2. The van der Waals surface area contributed by atoms with Crippen LogP contribution in [0.2, 0.25) is 0 Å². The van der Waals surface area contributed by atoms with Crippen molar-refractivity contribution in [3.05, 3.63) is 6.07 Å². The van der Waals surface area contributed by atoms with Gasteiger partial charge < -0.3 is 10.1 Å². The molecule has 1 saturated carbocycles. The third-order valence-corrected chi connectivity index (χ3v) is 4.94. The van der Waals surface area contributed by atoms with E-state index in [2.05, 4.69) is 25.3 Å². The van der Waals surface area contributed by atoms with Crippen LogP contribution in [-0.2, 0) is 9.59 Å². The SMILES string of the molecule is CC(=O)Oc1cc(NC(=O)CN2CCN(C3CCCCC3)CC2)[nH]n1. The van der Waals surface area contributed by atoms with E-state index in [1.165, 1.54) is 45.1 Å². The molecule has 138 valence electrons. The van der Waals surface area contributed by atoms with Crippen LogP contribution in [0.15, 0.2) is 6.07 Å². The van der Waals surface area contributed by atoms with Gasteiger partial charge in [-0.15, -0.1) is 5.10 Å². The predicted octanol–water partition coefficient (Wildman–Crippen LogP) is 1.22. The summed E-state index contributed by atoms with van der Waals surface area (Å²) in [6, 6.07) is 2.25. The maximum atomic E-state index is 12.2. The largest absolute Gasteiger partial charge is 0.406 e. The number of esters is 1. The Morgan fingerprint density at radius 1 is 1.24 bits per heavy atom. The highest BCUT2D eigenvalue weighted by atomic mass is 16.5. The van der Waals surface area contributed by atoms with E-state index in [-0.39, 0.29) is 11.8 Å². The lowest BCUT2D eigenvalue weighted by Gasteiger charge is -2.40. The van der Waals surface area contributed by atoms with Crippen LogP contribution in [0.5, 0.6) is 5.88 Å². The van der Waals surface area contributed by atoms with Gasteiger partial charge in [-0.2, -0.15) is 0 Å². The second-order valence-corrected chi connectivity index (χ2v) is 6.87. The Hall–Kier alpha value is -1.93. The molecular formula is C17H27N5O3. The summed E-state index contributed by atoms with van der Waals surface area (Å²) >= 11 is 0. The number of nitrogens with zero attached hydrogens (tertiary/aromatic N) is 3. The molecule has 1 aliphatic carbocycles. The van der Waals surface area contributed by atoms with Crippen molar-refractivity contribution >= 4 is 17.7 Å². The lowest BCUT2D eigenvalue weighted by Crippen LogP contribution is -2.52. The van der Waals surface area contributed by atoms with Crippen molar-refractivity contribution in [2.45, 2.75) is 45.1 Å². The lowest BCUT2D eigenvalue weighted by atomic mass is 9.94. The maximum Gasteiger partial charge on any atom is 0.309 e. The monoisotopic (exact) mass is 349 g/mol. The molecule has 2 fully saturated rings. The summed E-state index contributed by atoms with van der Waals surface area (Å²) in [6.07, 6.45) is 6.74. The molecule has 0 bridgehead atoms. The number of piperazine rings is 1. The van der Waals surface area contributed by atoms with Gasteiger partial charge in [0, 0.05) is 45.2 Å². The van der Waals surface area contributed by atoms with Crippen LogP contribution in [0.4, 0.5) is 5.82 Å². The van der Waals surface area contributed by atoms with Gasteiger partial charge in [-0.05, 0) is 12.8 Å². The zero-order valence-corrected chi connectivity index (χ0v) is 14.8. The van der Waals surface area contributed by atoms with Gasteiger partial charge in [-0.3, -0.25) is 24.5 Å². The second kappa shape index (κ2) is 8.44. The van der Waals surface area contributed by atoms with Gasteiger partial charge in [0.1, 0.15) is 5.82 Å². The summed E-state index contributed by atoms with van der Waals surface area (Å²) in [5.41, 5.74) is 0. The molecule has 2 aliphatic rings. The summed E-state index contributed by atoms with van der Waals surface area (Å²) in [6.45, 7) is 5.59. The van der Waals surface area contributed by atoms with Gasteiger partial charge in [0.2, 0.25) is 11.8 Å². The number of rotatable bonds is 5. The third kappa shape index (κ3) is 5.27. The first-order chi connectivity index (χ1) is 12.1. The second-order valence-electron chi connectivity index (χ2n) is 6.87. The van der Waals surface area contributed by atoms with Gasteiger partial charge in [-0.1, -0.05) is 19.3 Å². The van der Waals surface area contributed by atoms with Crippen LogP contribution in [0, 0.1) is 0 Å². The van der Waals surface area contributed by atoms with Crippen molar-refractivity contribution in [2.75, 3.05) is 38.0 Å². The van der Waals surface area contributed by atoms with E-state index in [9.17, 15) is 9.59 Å². The molecule has 0 atom stereocenters. The Balaban J connectivity index is 1.40. The Morgan fingerprint density at radius 3 is 2.64 bits per heavy atom. The first-order valence-electron chi connectivity index (χ1n) is 9.10. The first-order valence-corrected chi connectivity index (χ1v) is 9.10. The first kappa shape index (κ1) is 17.9. The van der Waals surface area contributed by atoms with Gasteiger partial charge in [0.15, 0.2) is 0 Å². The molecular weight excluding hydrogens is 322 g/mol. The average Bonchev–Trinajstić information content (AvgIpc) is 3.02. The van der Waals surface area contributed by atoms with E-state index < -0.39 is 5.97 Å². The fraction of sp³-hybridized carbons (Fsp3) is 0.706. The standard InChI is InChI=1S/C17H27N5O3/c1-13(23)25-17-11-15(19-20-17)18-16(24)12-21-7-9-22(10-8-21)14-5-3-2-4-6-14/h11,14H,2-10,12H2,1H3,(H2,18,19,20,24). The third-order valence-electron chi connectivity index (χ3n) is 4.94. The number of carbonyl (C=O) groups is 2. The molecule has 8 heteroatoms. The molecule has 1 aromatic rings. The van der Waals surface area contributed by atoms with Crippen LogP contribution in [0.3, 0.4) is 0 Å². The molecule has 2 N–H and O–H groups in total. The zero-order chi connectivity index (χ0) is 17.6. The predicted molar refractivity (Wildman–Crippen MR) is 93.4 cm³/mol. The van der Waals surface area contributed by atoms with Crippen molar-refractivity contribution in [1.82, 2.24) is 20.0 Å². The van der Waals surface area contributed by atoms with Crippen LogP contribution >= 0.6 is 0 Å². The van der Waals surface area contributed by atoms with Crippen molar-refractivity contribution in [1.29, 1.82) is 0 Å². The van der Waals surface area contributed by atoms with Crippen LogP contribution in [0.1, 0.15) is 39.0 Å². The van der Waals surface area contributed by atoms with Gasteiger partial charge in [0.25, 0.3) is 0 Å². The summed E-state index contributed by atoms with van der Waals surface area (Å²) in [7, 11) is 0. The fourth-order valence-corrected chi connectivity index (χ4v) is 3.69. The number of aromatic amines is 1. The van der Waals surface area contributed by atoms with Crippen molar-refractivity contribution in [2.24, 2.45) is 0 Å². The molecule has 1 amide bonds. The van der Waals surface area contributed by atoms with E-state index in [1.54, 1.807) is 0 Å². The highest BCUT2D eigenvalue weighted by Crippen LogP contribution is 2.23. The highest BCUT2D eigenvalue weighted by Gasteiger charge is 2.25. The number of H-pyrrole nitrogens is 1. The molecule has 1 saturated heterocycles. The molecule has 0 spiro atoms. The number of ether oxygens (including phenoxy) is 1. The van der Waals surface area contributed by atoms with Crippen molar-refractivity contribution < 1.29 is 14.3 Å². The number of anilines is 1. The average molecular weight is 349 g/mol. The minimum absolute atomic E-state index is 0.0934. The molecule has 0 unspecified atom stereocenters. The zero-order valence-electron chi connectivity index (χ0n) is 14.8. The minimum Gasteiger partial charge on any atom is -0.406 e. The quantitative estimate of drug-likeness (QED) is 0.777. The summed E-state index contributed by atoms with van der Waals surface area (Å²) in [5, 5.41) is 9.21. The molecule has 0 aromatic carbocycles. The topological polar surface area (TPSA) is 90.6 Å². The molecule has 3 rings (SSSR count). The molecule has 8 nitrogen and oxygen atoms in total. The maximum absolute atomic E-state index is 12.2. The van der Waals surface area contributed by atoms with E-state index in [0.717, 1.165) is 32.2 Å². The Kier molecular flexibility index (Phi) is 6.04. The summed E-state index contributed by atoms with van der Waals surface area (Å²) in [5.74, 6) is 0.0512. The Labute approximate surface area is 147 Å². The van der Waals surface area contributed by atoms with E-state index >= 15 is 0 Å². The Bertz CT molecular complexity index is 589. The smallest absolute Gasteiger partial charge is 0.309 e. The van der Waals surface area contributed by atoms with Crippen molar-refractivity contribution in [3.8, 4) is 5.88 Å². The van der Waals surface area contributed by atoms with Gasteiger partial charge >= 0.3 is 5.97 Å². The van der Waals surface area contributed by atoms with Crippen LogP contribution in [0.25, 0.3) is 0 Å². The van der Waals surface area contributed by atoms with E-state index in [1.807, 2.05) is 0 Å². The van der Waals surface area contributed by atoms with Crippen LogP contribution < -0.4 is 10.1 Å². The molecule has 2 heterocycles. The number of amides is 1. The van der Waals surface area contributed by atoms with Gasteiger partial charge in [-0.25, -0.2) is 0 Å². The number of aromatic nitrogens is 2. The summed E-state index contributed by atoms with van der Waals surface area (Å²) in [4.78, 5) is 27.8. The van der Waals surface area contributed by atoms with E-state index in [4.69, 9.17) is 4.74 Å².